The molecule has 0 radical (unpaired) electrons. The first-order valence-electron chi connectivity index (χ1n) is 11.5. The van der Waals surface area contributed by atoms with Crippen LogP contribution >= 0.6 is 23.9 Å². The van der Waals surface area contributed by atoms with Gasteiger partial charge in [0.2, 0.25) is 5.95 Å². The lowest BCUT2D eigenvalue weighted by atomic mass is 10.2. The molecule has 9 nitrogen and oxygen atoms in total. The van der Waals surface area contributed by atoms with Crippen molar-refractivity contribution >= 4 is 74.7 Å². The fourth-order valence-corrected chi connectivity index (χ4v) is 5.30. The molecular formula is C25H31BrN9P. The number of anilines is 6. The molecule has 2 heterocycles. The van der Waals surface area contributed by atoms with E-state index in [9.17, 15) is 0 Å². The summed E-state index contributed by atoms with van der Waals surface area (Å²) in [6.07, 6.45) is 5.17. The molecule has 0 aliphatic carbocycles. The lowest BCUT2D eigenvalue weighted by molar-refractivity contribution is 0.416. The number of rotatable bonds is 9. The number of halogens is 1. The van der Waals surface area contributed by atoms with Gasteiger partial charge >= 0.3 is 0 Å². The number of hydrogen-bond donors (Lipinski definition) is 3. The summed E-state index contributed by atoms with van der Waals surface area (Å²) >= 11 is 3.58. The molecule has 188 valence electrons. The molecule has 0 saturated carbocycles. The molecular weight excluding hydrogens is 537 g/mol. The Hall–Kier alpha value is -3.07. The highest BCUT2D eigenvalue weighted by Gasteiger charge is 2.15. The van der Waals surface area contributed by atoms with Crippen LogP contribution in [-0.4, -0.2) is 72.4 Å². The average molecular weight is 568 g/mol. The zero-order valence-electron chi connectivity index (χ0n) is 21.1. The predicted molar refractivity (Wildman–Crippen MR) is 157 cm³/mol. The van der Waals surface area contributed by atoms with Gasteiger partial charge in [-0.25, -0.2) is 4.98 Å². The van der Waals surface area contributed by atoms with Crippen LogP contribution in [0.1, 0.15) is 0 Å². The van der Waals surface area contributed by atoms with E-state index in [-0.39, 0.29) is 0 Å². The van der Waals surface area contributed by atoms with Crippen molar-refractivity contribution in [3.63, 3.8) is 0 Å². The van der Waals surface area contributed by atoms with E-state index < -0.39 is 7.92 Å². The number of hydrogen-bond acceptors (Lipinski definition) is 9. The van der Waals surface area contributed by atoms with Gasteiger partial charge in [-0.15, -0.1) is 0 Å². The van der Waals surface area contributed by atoms with Gasteiger partial charge in [-0.1, -0.05) is 7.92 Å². The summed E-state index contributed by atoms with van der Waals surface area (Å²) in [6.45, 7) is 6.24. The standard InChI is InChI=1S/C25H31BrN9P/c1-34(2)12-13-35(3)21-9-6-16(14-18(21)27)31-25-30-15-17(26)24(33-25)32-20-8-7-19-22(23(20)36(4)5)29-11-10-28-19/h6-11,14-15H,12-13,27H2,1-5H3,(H2,30,31,32,33). The van der Waals surface area contributed by atoms with Crippen molar-refractivity contribution in [1.82, 2.24) is 24.8 Å². The second-order valence-electron chi connectivity index (χ2n) is 8.92. The van der Waals surface area contributed by atoms with Gasteiger partial charge < -0.3 is 26.2 Å². The Bertz CT molecular complexity index is 1360. The van der Waals surface area contributed by atoms with Crippen molar-refractivity contribution in [2.24, 2.45) is 0 Å². The van der Waals surface area contributed by atoms with Gasteiger partial charge in [0.05, 0.1) is 26.9 Å². The highest BCUT2D eigenvalue weighted by atomic mass is 79.9. The molecule has 4 aromatic rings. The molecule has 2 aromatic heterocycles. The van der Waals surface area contributed by atoms with Gasteiger partial charge in [0.1, 0.15) is 5.82 Å². The van der Waals surface area contributed by atoms with Crippen molar-refractivity contribution in [3.8, 4) is 0 Å². The van der Waals surface area contributed by atoms with Crippen LogP contribution in [0.15, 0.2) is 53.4 Å². The topological polar surface area (TPSA) is 108 Å². The molecule has 0 fully saturated rings. The van der Waals surface area contributed by atoms with Crippen molar-refractivity contribution < 1.29 is 0 Å². The molecule has 11 heteroatoms. The normalized spacial score (nSPS) is 11.3. The van der Waals surface area contributed by atoms with E-state index in [1.54, 1.807) is 18.6 Å². The number of nitrogens with one attached hydrogen (secondary N) is 2. The average Bonchev–Trinajstić information content (AvgIpc) is 2.84. The Labute approximate surface area is 221 Å². The van der Waals surface area contributed by atoms with Crippen LogP contribution in [0.25, 0.3) is 11.0 Å². The monoisotopic (exact) mass is 567 g/mol. The molecule has 0 unspecified atom stereocenters. The quantitative estimate of drug-likeness (QED) is 0.197. The predicted octanol–water partition coefficient (Wildman–Crippen LogP) is 4.62. The lowest BCUT2D eigenvalue weighted by Crippen LogP contribution is -2.28. The third kappa shape index (κ3) is 6.00. The van der Waals surface area contributed by atoms with E-state index in [0.717, 1.165) is 51.0 Å². The Kier molecular flexibility index (Phi) is 8.18. The molecule has 4 N–H and O–H groups in total. The molecule has 0 atom stereocenters. The Morgan fingerprint density at radius 2 is 1.75 bits per heavy atom. The summed E-state index contributed by atoms with van der Waals surface area (Å²) in [5, 5.41) is 7.90. The van der Waals surface area contributed by atoms with E-state index in [2.05, 4.69) is 78.7 Å². The molecule has 4 rings (SSSR count). The molecule has 0 aliphatic heterocycles. The van der Waals surface area contributed by atoms with E-state index in [4.69, 9.17) is 10.7 Å². The van der Waals surface area contributed by atoms with Crippen LogP contribution in [0.5, 0.6) is 0 Å². The smallest absolute Gasteiger partial charge is 0.229 e. The van der Waals surface area contributed by atoms with E-state index in [1.807, 2.05) is 37.4 Å². The fraction of sp³-hybridized carbons (Fsp3) is 0.280. The van der Waals surface area contributed by atoms with Crippen LogP contribution in [0.3, 0.4) is 0 Å². The first-order valence-corrected chi connectivity index (χ1v) is 14.5. The summed E-state index contributed by atoms with van der Waals surface area (Å²) in [5.74, 6) is 1.12. The molecule has 0 bridgehead atoms. The van der Waals surface area contributed by atoms with Gasteiger partial charge in [-0.3, -0.25) is 9.97 Å². The summed E-state index contributed by atoms with van der Waals surface area (Å²) in [6, 6.07) is 9.90. The van der Waals surface area contributed by atoms with Crippen molar-refractivity contribution in [3.05, 3.63) is 53.4 Å². The zero-order valence-corrected chi connectivity index (χ0v) is 23.6. The SMILES string of the molecule is CN(C)CCN(C)c1ccc(Nc2ncc(Br)c(Nc3ccc4nccnc4c3P(C)C)n2)cc1N. The minimum absolute atomic E-state index is 0.448. The number of nitrogens with zero attached hydrogens (tertiary/aromatic N) is 6. The molecule has 0 spiro atoms. The van der Waals surface area contributed by atoms with Crippen LogP contribution in [0.2, 0.25) is 0 Å². The fourth-order valence-electron chi connectivity index (χ4n) is 3.80. The molecule has 0 amide bonds. The van der Waals surface area contributed by atoms with Gasteiger partial charge in [0, 0.05) is 55.4 Å². The van der Waals surface area contributed by atoms with E-state index in [0.29, 0.717) is 17.5 Å². The Morgan fingerprint density at radius 1 is 0.972 bits per heavy atom. The summed E-state index contributed by atoms with van der Waals surface area (Å²) in [7, 11) is 5.72. The van der Waals surface area contributed by atoms with Gasteiger partial charge in [-0.05, 0) is 73.7 Å². The Balaban J connectivity index is 1.57. The minimum Gasteiger partial charge on any atom is -0.397 e. The van der Waals surface area contributed by atoms with Gasteiger partial charge in [0.25, 0.3) is 0 Å². The first-order chi connectivity index (χ1) is 17.2. The highest BCUT2D eigenvalue weighted by Crippen LogP contribution is 2.34. The largest absolute Gasteiger partial charge is 0.397 e. The van der Waals surface area contributed by atoms with E-state index >= 15 is 0 Å². The third-order valence-corrected chi connectivity index (χ3v) is 7.56. The van der Waals surface area contributed by atoms with Crippen LogP contribution in [0, 0.1) is 0 Å². The van der Waals surface area contributed by atoms with Crippen molar-refractivity contribution in [2.45, 2.75) is 0 Å². The van der Waals surface area contributed by atoms with Crippen LogP contribution in [-0.2, 0) is 0 Å². The second kappa shape index (κ2) is 11.3. The molecule has 2 aromatic carbocycles. The second-order valence-corrected chi connectivity index (χ2v) is 12.0. The van der Waals surface area contributed by atoms with Crippen LogP contribution < -0.4 is 26.6 Å². The summed E-state index contributed by atoms with van der Waals surface area (Å²) in [5.41, 5.74) is 11.6. The number of fused-ring (bicyclic) bond motifs is 1. The highest BCUT2D eigenvalue weighted by molar-refractivity contribution is 9.10. The van der Waals surface area contributed by atoms with E-state index in [1.165, 1.54) is 0 Å². The number of nitrogens with two attached hydrogens (primary N) is 1. The lowest BCUT2D eigenvalue weighted by Gasteiger charge is -2.23. The molecule has 36 heavy (non-hydrogen) atoms. The molecule has 0 aliphatic rings. The molecule has 0 saturated heterocycles. The number of benzene rings is 2. The summed E-state index contributed by atoms with van der Waals surface area (Å²) < 4.78 is 0.757. The van der Waals surface area contributed by atoms with Crippen molar-refractivity contribution in [1.29, 1.82) is 0 Å². The Morgan fingerprint density at radius 3 is 2.47 bits per heavy atom. The first kappa shape index (κ1) is 26.0. The van der Waals surface area contributed by atoms with Crippen molar-refractivity contribution in [2.75, 3.05) is 68.8 Å². The minimum atomic E-state index is -0.448. The number of nitrogen functional groups attached to an aromatic ring is 1. The summed E-state index contributed by atoms with van der Waals surface area (Å²) in [4.78, 5) is 22.5. The van der Waals surface area contributed by atoms with Crippen LogP contribution in [0.4, 0.5) is 34.5 Å². The maximum atomic E-state index is 6.36. The maximum Gasteiger partial charge on any atom is 0.229 e. The van der Waals surface area contributed by atoms with Gasteiger partial charge in [-0.2, -0.15) is 4.98 Å². The zero-order chi connectivity index (χ0) is 25.8. The third-order valence-electron chi connectivity index (χ3n) is 5.64. The van der Waals surface area contributed by atoms with Gasteiger partial charge in [0.15, 0.2) is 0 Å². The number of likely N-dealkylation sites (N-methyl/N-ethyl adjacent to an activating group) is 2. The number of aromatic nitrogens is 4. The maximum absolute atomic E-state index is 6.36.